The molecule has 0 bridgehead atoms. The molecule has 0 unspecified atom stereocenters. The van der Waals surface area contributed by atoms with E-state index < -0.39 is 35.5 Å². The van der Waals surface area contributed by atoms with Gasteiger partial charge in [-0.05, 0) is 6.07 Å². The molecule has 0 atom stereocenters. The van der Waals surface area contributed by atoms with Gasteiger partial charge in [-0.25, -0.2) is 13.6 Å². The van der Waals surface area contributed by atoms with E-state index in [4.69, 9.17) is 5.73 Å². The van der Waals surface area contributed by atoms with Gasteiger partial charge in [-0.1, -0.05) is 0 Å². The maximum atomic E-state index is 12.9. The van der Waals surface area contributed by atoms with Crippen LogP contribution in [0.1, 0.15) is 10.4 Å². The zero-order valence-electron chi connectivity index (χ0n) is 7.14. The molecule has 0 spiro atoms. The van der Waals surface area contributed by atoms with Crippen LogP contribution in [0.15, 0.2) is 12.1 Å². The molecule has 1 aromatic carbocycles. The Morgan fingerprint density at radius 3 is 2.40 bits per heavy atom. The molecule has 0 radical (unpaired) electrons. The summed E-state index contributed by atoms with van der Waals surface area (Å²) in [5.41, 5.74) is 3.65. The van der Waals surface area contributed by atoms with E-state index >= 15 is 0 Å². The lowest BCUT2D eigenvalue weighted by Gasteiger charge is -2.05. The fourth-order valence-electron chi connectivity index (χ4n) is 0.867. The van der Waals surface area contributed by atoms with Gasteiger partial charge in [0.25, 0.3) is 0 Å². The summed E-state index contributed by atoms with van der Waals surface area (Å²) in [6.07, 6.45) is 0. The molecule has 0 aromatic heterocycles. The SMILES string of the molecule is Nc1cc(C(=O)OC(F)F)c(F)cc1F. The van der Waals surface area contributed by atoms with E-state index in [1.54, 1.807) is 0 Å². The number of halogens is 4. The Balaban J connectivity index is 3.04. The number of benzene rings is 1. The molecule has 82 valence electrons. The van der Waals surface area contributed by atoms with Crippen molar-refractivity contribution < 1.29 is 27.1 Å². The summed E-state index contributed by atoms with van der Waals surface area (Å²) in [5.74, 6) is -4.00. The van der Waals surface area contributed by atoms with Crippen LogP contribution < -0.4 is 5.73 Å². The predicted octanol–water partition coefficient (Wildman–Crippen LogP) is 1.93. The van der Waals surface area contributed by atoms with Crippen molar-refractivity contribution in [3.63, 3.8) is 0 Å². The van der Waals surface area contributed by atoms with Gasteiger partial charge in [-0.15, -0.1) is 0 Å². The van der Waals surface area contributed by atoms with Crippen LogP contribution in [0.4, 0.5) is 23.2 Å². The van der Waals surface area contributed by atoms with Crippen LogP contribution in [0.5, 0.6) is 0 Å². The van der Waals surface area contributed by atoms with Gasteiger partial charge >= 0.3 is 12.6 Å². The average molecular weight is 223 g/mol. The van der Waals surface area contributed by atoms with Crippen LogP contribution >= 0.6 is 0 Å². The third kappa shape index (κ3) is 2.58. The number of hydrogen-bond donors (Lipinski definition) is 1. The number of carbonyl (C=O) groups is 1. The van der Waals surface area contributed by atoms with Crippen molar-refractivity contribution in [2.45, 2.75) is 6.61 Å². The molecule has 0 fully saturated rings. The number of esters is 1. The van der Waals surface area contributed by atoms with Crippen molar-refractivity contribution in [3.05, 3.63) is 29.3 Å². The van der Waals surface area contributed by atoms with Crippen LogP contribution in [-0.4, -0.2) is 12.6 Å². The van der Waals surface area contributed by atoms with E-state index in [9.17, 15) is 22.4 Å². The number of anilines is 1. The van der Waals surface area contributed by atoms with E-state index in [-0.39, 0.29) is 0 Å². The van der Waals surface area contributed by atoms with Gasteiger partial charge in [0.05, 0.1) is 11.3 Å². The summed E-state index contributed by atoms with van der Waals surface area (Å²) in [4.78, 5) is 10.8. The molecule has 3 nitrogen and oxygen atoms in total. The minimum atomic E-state index is -3.37. The fraction of sp³-hybridized carbons (Fsp3) is 0.125. The molecular weight excluding hydrogens is 218 g/mol. The van der Waals surface area contributed by atoms with E-state index in [1.165, 1.54) is 0 Å². The van der Waals surface area contributed by atoms with E-state index in [1.807, 2.05) is 0 Å². The Morgan fingerprint density at radius 2 is 1.87 bits per heavy atom. The Morgan fingerprint density at radius 1 is 1.27 bits per heavy atom. The van der Waals surface area contributed by atoms with Gasteiger partial charge < -0.3 is 10.5 Å². The summed E-state index contributed by atoms with van der Waals surface area (Å²) in [6, 6.07) is 0.910. The summed E-state index contributed by atoms with van der Waals surface area (Å²) in [7, 11) is 0. The second kappa shape index (κ2) is 4.16. The lowest BCUT2D eigenvalue weighted by atomic mass is 10.2. The highest BCUT2D eigenvalue weighted by Gasteiger charge is 2.19. The fourth-order valence-corrected chi connectivity index (χ4v) is 0.867. The average Bonchev–Trinajstić information content (AvgIpc) is 2.09. The summed E-state index contributed by atoms with van der Waals surface area (Å²) in [5, 5.41) is 0. The van der Waals surface area contributed by atoms with Gasteiger partial charge in [0.2, 0.25) is 0 Å². The van der Waals surface area contributed by atoms with E-state index in [2.05, 4.69) is 4.74 Å². The third-order valence-corrected chi connectivity index (χ3v) is 1.50. The summed E-state index contributed by atoms with van der Waals surface area (Å²) in [6.45, 7) is -3.37. The normalized spacial score (nSPS) is 10.5. The third-order valence-electron chi connectivity index (χ3n) is 1.50. The maximum absolute atomic E-state index is 12.9. The maximum Gasteiger partial charge on any atom is 0.389 e. The van der Waals surface area contributed by atoms with Crippen molar-refractivity contribution in [2.75, 3.05) is 5.73 Å². The highest BCUT2D eigenvalue weighted by molar-refractivity contribution is 5.90. The first-order valence-electron chi connectivity index (χ1n) is 3.65. The molecule has 1 aromatic rings. The first kappa shape index (κ1) is 11.3. The molecule has 0 saturated carbocycles. The molecule has 0 saturated heterocycles. The van der Waals surface area contributed by atoms with Gasteiger partial charge in [-0.3, -0.25) is 0 Å². The lowest BCUT2D eigenvalue weighted by molar-refractivity contribution is -0.0908. The first-order valence-corrected chi connectivity index (χ1v) is 3.65. The Kier molecular flexibility index (Phi) is 3.13. The van der Waals surface area contributed by atoms with Crippen LogP contribution in [0.2, 0.25) is 0 Å². The molecule has 15 heavy (non-hydrogen) atoms. The van der Waals surface area contributed by atoms with E-state index in [0.717, 1.165) is 0 Å². The van der Waals surface area contributed by atoms with Crippen LogP contribution in [0.25, 0.3) is 0 Å². The molecule has 2 N–H and O–H groups in total. The zero-order valence-corrected chi connectivity index (χ0v) is 7.14. The largest absolute Gasteiger partial charge is 0.399 e. The smallest absolute Gasteiger partial charge is 0.389 e. The Hall–Kier alpha value is -1.79. The van der Waals surface area contributed by atoms with Crippen molar-refractivity contribution >= 4 is 11.7 Å². The van der Waals surface area contributed by atoms with Crippen LogP contribution in [-0.2, 0) is 4.74 Å². The number of nitrogens with two attached hydrogens (primary N) is 1. The van der Waals surface area contributed by atoms with Gasteiger partial charge in [0.15, 0.2) is 0 Å². The number of hydrogen-bond acceptors (Lipinski definition) is 3. The number of alkyl halides is 2. The number of rotatable bonds is 2. The molecular formula is C8H5F4NO2. The highest BCUT2D eigenvalue weighted by Crippen LogP contribution is 2.18. The lowest BCUT2D eigenvalue weighted by Crippen LogP contribution is -2.12. The van der Waals surface area contributed by atoms with Crippen LogP contribution in [0, 0.1) is 11.6 Å². The number of carbonyl (C=O) groups excluding carboxylic acids is 1. The number of ether oxygens (including phenoxy) is 1. The molecule has 0 aliphatic heterocycles. The van der Waals surface area contributed by atoms with Crippen molar-refractivity contribution in [3.8, 4) is 0 Å². The molecule has 0 heterocycles. The van der Waals surface area contributed by atoms with Crippen molar-refractivity contribution in [2.24, 2.45) is 0 Å². The summed E-state index contributed by atoms with van der Waals surface area (Å²) < 4.78 is 52.2. The minimum Gasteiger partial charge on any atom is -0.399 e. The second-order valence-corrected chi connectivity index (χ2v) is 2.52. The van der Waals surface area contributed by atoms with Crippen molar-refractivity contribution in [1.29, 1.82) is 0 Å². The first-order chi connectivity index (χ1) is 6.91. The number of nitrogen functional groups attached to an aromatic ring is 1. The quantitative estimate of drug-likeness (QED) is 0.473. The predicted molar refractivity (Wildman–Crippen MR) is 42.2 cm³/mol. The standard InChI is InChI=1S/C8H5F4NO2/c9-4-2-5(10)6(13)1-3(4)7(14)15-8(11)12/h1-2,8H,13H2. The Labute approximate surface area is 81.4 Å². The topological polar surface area (TPSA) is 52.3 Å². The molecule has 7 heteroatoms. The van der Waals surface area contributed by atoms with Gasteiger partial charge in [-0.2, -0.15) is 8.78 Å². The van der Waals surface area contributed by atoms with E-state index in [0.29, 0.717) is 12.1 Å². The highest BCUT2D eigenvalue weighted by atomic mass is 19.3. The van der Waals surface area contributed by atoms with Crippen molar-refractivity contribution in [1.82, 2.24) is 0 Å². The van der Waals surface area contributed by atoms with Crippen LogP contribution in [0.3, 0.4) is 0 Å². The molecule has 1 rings (SSSR count). The second-order valence-electron chi connectivity index (χ2n) is 2.52. The van der Waals surface area contributed by atoms with Gasteiger partial charge in [0, 0.05) is 6.07 Å². The minimum absolute atomic E-state index is 0.317. The molecule has 0 aliphatic carbocycles. The summed E-state index contributed by atoms with van der Waals surface area (Å²) >= 11 is 0. The zero-order chi connectivity index (χ0) is 11.6. The Bertz CT molecular complexity index is 394. The monoisotopic (exact) mass is 223 g/mol. The molecule has 0 aliphatic rings. The molecule has 0 amide bonds. The van der Waals surface area contributed by atoms with Gasteiger partial charge in [0.1, 0.15) is 11.6 Å².